The van der Waals surface area contributed by atoms with Crippen LogP contribution in [0.2, 0.25) is 0 Å². The number of rotatable bonds is 4. The van der Waals surface area contributed by atoms with Gasteiger partial charge in [-0.2, -0.15) is 5.10 Å². The first-order valence-corrected chi connectivity index (χ1v) is 6.16. The van der Waals surface area contributed by atoms with Crippen LogP contribution in [0.5, 0.6) is 0 Å². The van der Waals surface area contributed by atoms with Crippen molar-refractivity contribution in [3.05, 3.63) is 36.5 Å². The van der Waals surface area contributed by atoms with Crippen molar-refractivity contribution in [2.75, 3.05) is 5.32 Å². The molecular formula is C14H19N3O2. The van der Waals surface area contributed by atoms with Gasteiger partial charge in [-0.05, 0) is 44.5 Å². The number of aromatic nitrogens is 2. The summed E-state index contributed by atoms with van der Waals surface area (Å²) < 4.78 is 5.37. The van der Waals surface area contributed by atoms with E-state index in [-0.39, 0.29) is 0 Å². The SMILES string of the molecule is CC(C)(C)OC(O)Nc1ccc(-c2ccn[nH]2)cc1. The highest BCUT2D eigenvalue weighted by molar-refractivity contribution is 5.62. The Balaban J connectivity index is 1.99. The first-order chi connectivity index (χ1) is 8.94. The van der Waals surface area contributed by atoms with Gasteiger partial charge in [-0.3, -0.25) is 5.10 Å². The predicted molar refractivity (Wildman–Crippen MR) is 74.5 cm³/mol. The summed E-state index contributed by atoms with van der Waals surface area (Å²) in [5, 5.41) is 19.4. The number of benzene rings is 1. The molecule has 1 atom stereocenters. The van der Waals surface area contributed by atoms with Crippen molar-refractivity contribution in [1.82, 2.24) is 10.2 Å². The van der Waals surface area contributed by atoms with Crippen molar-refractivity contribution in [2.45, 2.75) is 32.8 Å². The highest BCUT2D eigenvalue weighted by Gasteiger charge is 2.16. The Morgan fingerprint density at radius 3 is 2.42 bits per heavy atom. The van der Waals surface area contributed by atoms with Gasteiger partial charge in [-0.15, -0.1) is 0 Å². The highest BCUT2D eigenvalue weighted by atomic mass is 16.6. The molecule has 0 aliphatic rings. The van der Waals surface area contributed by atoms with Crippen LogP contribution in [0.25, 0.3) is 11.3 Å². The standard InChI is InChI=1S/C14H19N3O2/c1-14(2,3)19-13(18)16-11-6-4-10(5-7-11)12-8-9-15-17-12/h4-9,13,16,18H,1-3H3,(H,15,17). The van der Waals surface area contributed by atoms with E-state index in [1.54, 1.807) is 6.20 Å². The van der Waals surface area contributed by atoms with Gasteiger partial charge in [0, 0.05) is 11.9 Å². The molecule has 1 aromatic carbocycles. The fourth-order valence-electron chi connectivity index (χ4n) is 1.67. The number of hydrogen-bond donors (Lipinski definition) is 3. The van der Waals surface area contributed by atoms with Gasteiger partial charge in [0.05, 0.1) is 11.3 Å². The Bertz CT molecular complexity index is 500. The number of H-pyrrole nitrogens is 1. The Hall–Kier alpha value is -1.85. The van der Waals surface area contributed by atoms with Gasteiger partial charge in [-0.25, -0.2) is 0 Å². The average Bonchev–Trinajstić information content (AvgIpc) is 2.80. The minimum Gasteiger partial charge on any atom is -0.351 e. The van der Waals surface area contributed by atoms with Gasteiger partial charge in [0.1, 0.15) is 0 Å². The van der Waals surface area contributed by atoms with Crippen molar-refractivity contribution in [3.8, 4) is 11.3 Å². The Morgan fingerprint density at radius 1 is 1.21 bits per heavy atom. The quantitative estimate of drug-likeness (QED) is 0.740. The third-order valence-electron chi connectivity index (χ3n) is 2.45. The number of hydrogen-bond acceptors (Lipinski definition) is 4. The Kier molecular flexibility index (Phi) is 3.87. The van der Waals surface area contributed by atoms with Crippen LogP contribution in [0.3, 0.4) is 0 Å². The van der Waals surface area contributed by atoms with Crippen LogP contribution in [0.4, 0.5) is 5.69 Å². The van der Waals surface area contributed by atoms with Gasteiger partial charge < -0.3 is 15.2 Å². The minimum absolute atomic E-state index is 0.401. The van der Waals surface area contributed by atoms with E-state index < -0.39 is 12.0 Å². The van der Waals surface area contributed by atoms with Gasteiger partial charge in [0.25, 0.3) is 0 Å². The second-order valence-electron chi connectivity index (χ2n) is 5.27. The highest BCUT2D eigenvalue weighted by Crippen LogP contribution is 2.20. The number of ether oxygens (including phenoxy) is 1. The molecule has 3 N–H and O–H groups in total. The average molecular weight is 261 g/mol. The van der Waals surface area contributed by atoms with Crippen molar-refractivity contribution < 1.29 is 9.84 Å². The molecule has 5 nitrogen and oxygen atoms in total. The number of aliphatic hydroxyl groups is 1. The summed E-state index contributed by atoms with van der Waals surface area (Å²) in [7, 11) is 0. The topological polar surface area (TPSA) is 70.2 Å². The number of aliphatic hydroxyl groups excluding tert-OH is 1. The zero-order chi connectivity index (χ0) is 13.9. The summed E-state index contributed by atoms with van der Waals surface area (Å²) in [6.07, 6.45) is 0.681. The van der Waals surface area contributed by atoms with Crippen molar-refractivity contribution in [1.29, 1.82) is 0 Å². The summed E-state index contributed by atoms with van der Waals surface area (Å²) in [5.74, 6) is 0. The molecule has 0 saturated carbocycles. The predicted octanol–water partition coefficient (Wildman–Crippen LogP) is 2.58. The normalized spacial score (nSPS) is 13.3. The van der Waals surface area contributed by atoms with Crippen LogP contribution in [0.15, 0.2) is 36.5 Å². The fraction of sp³-hybridized carbons (Fsp3) is 0.357. The van der Waals surface area contributed by atoms with E-state index >= 15 is 0 Å². The molecule has 0 amide bonds. The third kappa shape index (κ3) is 4.08. The van der Waals surface area contributed by atoms with Crippen molar-refractivity contribution >= 4 is 5.69 Å². The van der Waals surface area contributed by atoms with E-state index in [2.05, 4.69) is 15.5 Å². The summed E-state index contributed by atoms with van der Waals surface area (Å²) in [4.78, 5) is 0. The van der Waals surface area contributed by atoms with E-state index in [0.717, 1.165) is 16.9 Å². The lowest BCUT2D eigenvalue weighted by Gasteiger charge is -2.24. The first kappa shape index (κ1) is 13.6. The van der Waals surface area contributed by atoms with Crippen LogP contribution < -0.4 is 5.32 Å². The van der Waals surface area contributed by atoms with Crippen LogP contribution in [-0.4, -0.2) is 27.3 Å². The molecule has 0 saturated heterocycles. The first-order valence-electron chi connectivity index (χ1n) is 6.16. The molecule has 2 aromatic rings. The molecule has 1 unspecified atom stereocenters. The zero-order valence-electron chi connectivity index (χ0n) is 11.3. The van der Waals surface area contributed by atoms with E-state index in [1.165, 1.54) is 0 Å². The molecule has 2 rings (SSSR count). The number of nitrogens with zero attached hydrogens (tertiary/aromatic N) is 1. The lowest BCUT2D eigenvalue weighted by atomic mass is 10.1. The monoisotopic (exact) mass is 261 g/mol. The van der Waals surface area contributed by atoms with Crippen molar-refractivity contribution in [3.63, 3.8) is 0 Å². The van der Waals surface area contributed by atoms with Gasteiger partial charge in [-0.1, -0.05) is 12.1 Å². The zero-order valence-corrected chi connectivity index (χ0v) is 11.3. The molecule has 19 heavy (non-hydrogen) atoms. The maximum Gasteiger partial charge on any atom is 0.235 e. The van der Waals surface area contributed by atoms with E-state index in [1.807, 2.05) is 51.1 Å². The molecular weight excluding hydrogens is 242 g/mol. The molecule has 1 aromatic heterocycles. The summed E-state index contributed by atoms with van der Waals surface area (Å²) in [6.45, 7) is 5.66. The molecule has 1 heterocycles. The second kappa shape index (κ2) is 5.42. The lowest BCUT2D eigenvalue weighted by molar-refractivity contribution is -0.148. The summed E-state index contributed by atoms with van der Waals surface area (Å²) in [6, 6.07) is 9.55. The largest absolute Gasteiger partial charge is 0.351 e. The maximum absolute atomic E-state index is 9.74. The third-order valence-corrected chi connectivity index (χ3v) is 2.45. The van der Waals surface area contributed by atoms with Crippen LogP contribution in [0.1, 0.15) is 20.8 Å². The van der Waals surface area contributed by atoms with Crippen molar-refractivity contribution in [2.24, 2.45) is 0 Å². The molecule has 0 spiro atoms. The van der Waals surface area contributed by atoms with Gasteiger partial charge in [0.15, 0.2) is 0 Å². The fourth-order valence-corrected chi connectivity index (χ4v) is 1.67. The number of anilines is 1. The smallest absolute Gasteiger partial charge is 0.235 e. The molecule has 5 heteroatoms. The molecule has 0 aliphatic heterocycles. The van der Waals surface area contributed by atoms with Crippen LogP contribution >= 0.6 is 0 Å². The Labute approximate surface area is 112 Å². The molecule has 0 aliphatic carbocycles. The maximum atomic E-state index is 9.74. The summed E-state index contributed by atoms with van der Waals surface area (Å²) in [5.41, 5.74) is 2.38. The number of nitrogens with one attached hydrogen (secondary N) is 2. The van der Waals surface area contributed by atoms with Crippen LogP contribution in [0, 0.1) is 0 Å². The van der Waals surface area contributed by atoms with Gasteiger partial charge in [0.2, 0.25) is 6.41 Å². The Morgan fingerprint density at radius 2 is 1.89 bits per heavy atom. The molecule has 0 radical (unpaired) electrons. The molecule has 102 valence electrons. The lowest BCUT2D eigenvalue weighted by Crippen LogP contribution is -2.32. The summed E-state index contributed by atoms with van der Waals surface area (Å²) >= 11 is 0. The number of aromatic amines is 1. The van der Waals surface area contributed by atoms with E-state index in [9.17, 15) is 5.11 Å². The second-order valence-corrected chi connectivity index (χ2v) is 5.27. The van der Waals surface area contributed by atoms with E-state index in [0.29, 0.717) is 0 Å². The molecule has 0 fully saturated rings. The van der Waals surface area contributed by atoms with Crippen LogP contribution in [-0.2, 0) is 4.74 Å². The minimum atomic E-state index is -1.03. The van der Waals surface area contributed by atoms with E-state index in [4.69, 9.17) is 4.74 Å². The molecule has 0 bridgehead atoms. The van der Waals surface area contributed by atoms with Gasteiger partial charge >= 0.3 is 0 Å².